The van der Waals surface area contributed by atoms with Crippen molar-refractivity contribution >= 4 is 5.97 Å². The molecule has 1 N–H and O–H groups in total. The molecule has 0 amide bonds. The summed E-state index contributed by atoms with van der Waals surface area (Å²) in [5, 5.41) is 8.38. The molecule has 0 fully saturated rings. The van der Waals surface area contributed by atoms with Gasteiger partial charge < -0.3 is 14.6 Å². The van der Waals surface area contributed by atoms with Crippen LogP contribution >= 0.6 is 0 Å². The Balaban J connectivity index is 2.90. The lowest BCUT2D eigenvalue weighted by Gasteiger charge is -2.04. The maximum atomic E-state index is 10.2. The first kappa shape index (κ1) is 15.4. The number of hydrogen-bond acceptors (Lipinski definition) is 3. The van der Waals surface area contributed by atoms with Crippen molar-refractivity contribution in [2.24, 2.45) is 0 Å². The van der Waals surface area contributed by atoms with E-state index in [1.807, 2.05) is 0 Å². The van der Waals surface area contributed by atoms with Crippen LogP contribution < -0.4 is 0 Å². The van der Waals surface area contributed by atoms with Crippen LogP contribution in [-0.2, 0) is 14.3 Å². The summed E-state index contributed by atoms with van der Waals surface area (Å²) < 4.78 is 10.7. The van der Waals surface area contributed by atoms with Gasteiger partial charge in [-0.3, -0.25) is 4.79 Å². The van der Waals surface area contributed by atoms with E-state index in [0.717, 1.165) is 32.5 Å². The minimum atomic E-state index is -0.757. The fourth-order valence-electron chi connectivity index (χ4n) is 1.18. The lowest BCUT2D eigenvalue weighted by atomic mass is 10.3. The third-order valence-electron chi connectivity index (χ3n) is 2.15. The van der Waals surface area contributed by atoms with E-state index in [-0.39, 0.29) is 6.42 Å². The maximum Gasteiger partial charge on any atom is 0.303 e. The summed E-state index contributed by atoms with van der Waals surface area (Å²) in [5.74, 6) is -0.757. The average Bonchev–Trinajstić information content (AvgIpc) is 2.25. The molecule has 0 aromatic carbocycles. The SMILES string of the molecule is CCCCOCCCCOCCCC(=O)O. The van der Waals surface area contributed by atoms with Gasteiger partial charge >= 0.3 is 5.97 Å². The fourth-order valence-corrected chi connectivity index (χ4v) is 1.18. The minimum Gasteiger partial charge on any atom is -0.481 e. The smallest absolute Gasteiger partial charge is 0.303 e. The largest absolute Gasteiger partial charge is 0.481 e. The molecule has 0 aliphatic carbocycles. The third kappa shape index (κ3) is 13.4. The van der Waals surface area contributed by atoms with Gasteiger partial charge in [-0.2, -0.15) is 0 Å². The standard InChI is InChI=1S/C12H24O4/c1-2-3-8-15-9-4-5-10-16-11-6-7-12(13)14/h2-11H2,1H3,(H,13,14). The molecule has 16 heavy (non-hydrogen) atoms. The van der Waals surface area contributed by atoms with E-state index in [4.69, 9.17) is 14.6 Å². The summed E-state index contributed by atoms with van der Waals surface area (Å²) in [6.07, 6.45) is 5.10. The van der Waals surface area contributed by atoms with E-state index in [2.05, 4.69) is 6.92 Å². The number of aliphatic carboxylic acids is 1. The Morgan fingerprint density at radius 3 is 1.94 bits per heavy atom. The highest BCUT2D eigenvalue weighted by molar-refractivity contribution is 5.66. The molecule has 0 unspecified atom stereocenters. The van der Waals surface area contributed by atoms with Gasteiger partial charge in [0, 0.05) is 32.8 Å². The molecule has 96 valence electrons. The van der Waals surface area contributed by atoms with Gasteiger partial charge in [-0.05, 0) is 25.7 Å². The van der Waals surface area contributed by atoms with Crippen LogP contribution in [0.5, 0.6) is 0 Å². The normalized spacial score (nSPS) is 10.6. The number of unbranched alkanes of at least 4 members (excludes halogenated alkanes) is 2. The maximum absolute atomic E-state index is 10.2. The van der Waals surface area contributed by atoms with Crippen molar-refractivity contribution in [1.29, 1.82) is 0 Å². The molecule has 0 aliphatic rings. The topological polar surface area (TPSA) is 55.8 Å². The Morgan fingerprint density at radius 2 is 1.44 bits per heavy atom. The van der Waals surface area contributed by atoms with Crippen molar-refractivity contribution < 1.29 is 19.4 Å². The molecule has 0 atom stereocenters. The molecule has 0 aromatic rings. The van der Waals surface area contributed by atoms with Crippen LogP contribution in [0, 0.1) is 0 Å². The second-order valence-electron chi connectivity index (χ2n) is 3.78. The zero-order valence-electron chi connectivity index (χ0n) is 10.2. The van der Waals surface area contributed by atoms with Crippen LogP contribution in [-0.4, -0.2) is 37.5 Å². The summed E-state index contributed by atoms with van der Waals surface area (Å²) in [4.78, 5) is 10.2. The third-order valence-corrected chi connectivity index (χ3v) is 2.15. The van der Waals surface area contributed by atoms with Crippen molar-refractivity contribution in [1.82, 2.24) is 0 Å². The monoisotopic (exact) mass is 232 g/mol. The highest BCUT2D eigenvalue weighted by Crippen LogP contribution is 1.96. The van der Waals surface area contributed by atoms with E-state index in [0.29, 0.717) is 19.6 Å². The summed E-state index contributed by atoms with van der Waals surface area (Å²) >= 11 is 0. The summed E-state index contributed by atoms with van der Waals surface area (Å²) in [6, 6.07) is 0. The first-order valence-electron chi connectivity index (χ1n) is 6.14. The molecule has 0 heterocycles. The Kier molecular flexibility index (Phi) is 12.0. The van der Waals surface area contributed by atoms with E-state index in [1.54, 1.807) is 0 Å². The van der Waals surface area contributed by atoms with Crippen LogP contribution in [0.3, 0.4) is 0 Å². The van der Waals surface area contributed by atoms with E-state index in [9.17, 15) is 4.79 Å². The predicted molar refractivity (Wildman–Crippen MR) is 62.6 cm³/mol. The zero-order chi connectivity index (χ0) is 12.1. The molecule has 0 spiro atoms. The molecule has 4 nitrogen and oxygen atoms in total. The average molecular weight is 232 g/mol. The second kappa shape index (κ2) is 12.5. The van der Waals surface area contributed by atoms with E-state index < -0.39 is 5.97 Å². The van der Waals surface area contributed by atoms with Crippen LogP contribution in [0.15, 0.2) is 0 Å². The predicted octanol–water partition coefficient (Wildman–Crippen LogP) is 2.46. The molecule has 0 saturated carbocycles. The highest BCUT2D eigenvalue weighted by Gasteiger charge is 1.96. The van der Waals surface area contributed by atoms with Gasteiger partial charge in [0.25, 0.3) is 0 Å². The molecule has 0 rings (SSSR count). The Hall–Kier alpha value is -0.610. The lowest BCUT2D eigenvalue weighted by Crippen LogP contribution is -2.03. The van der Waals surface area contributed by atoms with Gasteiger partial charge in [0.1, 0.15) is 0 Å². The van der Waals surface area contributed by atoms with E-state index in [1.165, 1.54) is 6.42 Å². The molecule has 0 bridgehead atoms. The molecule has 0 saturated heterocycles. The molecular formula is C12H24O4. The van der Waals surface area contributed by atoms with Crippen LogP contribution in [0.25, 0.3) is 0 Å². The number of carbonyl (C=O) groups is 1. The molecule has 0 radical (unpaired) electrons. The number of hydrogen-bond donors (Lipinski definition) is 1. The number of carboxylic acid groups (broad SMARTS) is 1. The van der Waals surface area contributed by atoms with Crippen molar-refractivity contribution in [2.45, 2.75) is 45.4 Å². The van der Waals surface area contributed by atoms with Gasteiger partial charge in [-0.1, -0.05) is 13.3 Å². The van der Waals surface area contributed by atoms with Crippen molar-refractivity contribution in [2.75, 3.05) is 26.4 Å². The number of rotatable bonds is 12. The first-order chi connectivity index (χ1) is 7.77. The van der Waals surface area contributed by atoms with Gasteiger partial charge in [0.15, 0.2) is 0 Å². The highest BCUT2D eigenvalue weighted by atomic mass is 16.5. The van der Waals surface area contributed by atoms with Crippen LogP contribution in [0.4, 0.5) is 0 Å². The molecular weight excluding hydrogens is 208 g/mol. The number of ether oxygens (including phenoxy) is 2. The van der Waals surface area contributed by atoms with Gasteiger partial charge in [-0.15, -0.1) is 0 Å². The number of carboxylic acids is 1. The van der Waals surface area contributed by atoms with Gasteiger partial charge in [0.05, 0.1) is 0 Å². The first-order valence-corrected chi connectivity index (χ1v) is 6.14. The Labute approximate surface area is 97.9 Å². The fraction of sp³-hybridized carbons (Fsp3) is 0.917. The van der Waals surface area contributed by atoms with E-state index >= 15 is 0 Å². The zero-order valence-corrected chi connectivity index (χ0v) is 10.2. The second-order valence-corrected chi connectivity index (χ2v) is 3.78. The van der Waals surface area contributed by atoms with Crippen molar-refractivity contribution in [3.05, 3.63) is 0 Å². The summed E-state index contributed by atoms with van der Waals surface area (Å²) in [7, 11) is 0. The van der Waals surface area contributed by atoms with Crippen molar-refractivity contribution in [3.8, 4) is 0 Å². The molecule has 0 aromatic heterocycles. The lowest BCUT2D eigenvalue weighted by molar-refractivity contribution is -0.137. The molecule has 4 heteroatoms. The van der Waals surface area contributed by atoms with Crippen molar-refractivity contribution in [3.63, 3.8) is 0 Å². The Bertz CT molecular complexity index is 159. The summed E-state index contributed by atoms with van der Waals surface area (Å²) in [5.41, 5.74) is 0. The summed E-state index contributed by atoms with van der Waals surface area (Å²) in [6.45, 7) is 5.06. The Morgan fingerprint density at radius 1 is 0.938 bits per heavy atom. The molecule has 0 aliphatic heterocycles. The van der Waals surface area contributed by atoms with Crippen LogP contribution in [0.2, 0.25) is 0 Å². The van der Waals surface area contributed by atoms with Crippen LogP contribution in [0.1, 0.15) is 45.4 Å². The minimum absolute atomic E-state index is 0.195. The quantitative estimate of drug-likeness (QED) is 0.525. The van der Waals surface area contributed by atoms with Gasteiger partial charge in [-0.25, -0.2) is 0 Å². The van der Waals surface area contributed by atoms with Gasteiger partial charge in [0.2, 0.25) is 0 Å².